The summed E-state index contributed by atoms with van der Waals surface area (Å²) >= 11 is 0. The van der Waals surface area contributed by atoms with Crippen molar-refractivity contribution in [1.29, 1.82) is 0 Å². The Morgan fingerprint density at radius 2 is 2.05 bits per heavy atom. The average Bonchev–Trinajstić information content (AvgIpc) is 3.46. The van der Waals surface area contributed by atoms with E-state index in [1.807, 2.05) is 0 Å². The Morgan fingerprint density at radius 3 is 2.86 bits per heavy atom. The molecule has 1 N–H and O–H groups in total. The Bertz CT molecular complexity index is 1690. The van der Waals surface area contributed by atoms with Crippen LogP contribution >= 0.6 is 0 Å². The number of imidazole rings is 2. The summed E-state index contributed by atoms with van der Waals surface area (Å²) in [4.78, 5) is 30.5. The minimum absolute atomic E-state index is 0.0756. The zero-order valence-electron chi connectivity index (χ0n) is 20.5. The lowest BCUT2D eigenvalue weighted by Crippen LogP contribution is -2.28. The monoisotopic (exact) mass is 504 g/mol. The van der Waals surface area contributed by atoms with Crippen molar-refractivity contribution in [2.45, 2.75) is 51.5 Å². The van der Waals surface area contributed by atoms with Gasteiger partial charge in [0.15, 0.2) is 17.2 Å². The van der Waals surface area contributed by atoms with Gasteiger partial charge in [0.2, 0.25) is 5.95 Å². The molecule has 10 heteroatoms. The molecule has 5 aromatic rings. The average molecular weight is 505 g/mol. The maximum atomic E-state index is 14.5. The summed E-state index contributed by atoms with van der Waals surface area (Å²) in [5.74, 6) is -0.335. The molecule has 0 aliphatic carbocycles. The quantitative estimate of drug-likeness (QED) is 0.334. The molecule has 2 atom stereocenters. The zero-order valence-corrected chi connectivity index (χ0v) is 20.5. The van der Waals surface area contributed by atoms with Gasteiger partial charge in [0, 0.05) is 24.0 Å². The first-order chi connectivity index (χ1) is 18.0. The molecule has 6 rings (SSSR count). The highest BCUT2D eigenvalue weighted by atomic mass is 19.1. The van der Waals surface area contributed by atoms with Crippen LogP contribution in [0, 0.1) is 11.6 Å². The van der Waals surface area contributed by atoms with Crippen LogP contribution in [0.5, 0.6) is 5.75 Å². The van der Waals surface area contributed by atoms with Crippen molar-refractivity contribution >= 4 is 22.2 Å². The Kier molecular flexibility index (Phi) is 5.73. The van der Waals surface area contributed by atoms with E-state index in [0.29, 0.717) is 40.1 Å². The Balaban J connectivity index is 1.64. The van der Waals surface area contributed by atoms with Crippen molar-refractivity contribution in [3.8, 4) is 11.7 Å². The van der Waals surface area contributed by atoms with E-state index in [9.17, 15) is 13.6 Å². The lowest BCUT2D eigenvalue weighted by Gasteiger charge is -2.27. The topological polar surface area (TPSA) is 90.6 Å². The molecule has 1 aliphatic rings. The minimum atomic E-state index is -0.473. The smallest absolute Gasteiger partial charge is 0.328 e. The number of fused-ring (bicyclic) bond motifs is 3. The largest absolute Gasteiger partial charge is 0.490 e. The highest BCUT2D eigenvalue weighted by molar-refractivity contribution is 5.79. The van der Waals surface area contributed by atoms with Gasteiger partial charge in [-0.25, -0.2) is 23.5 Å². The molecule has 190 valence electrons. The SMILES string of the molecule is CCCC(CC)c1nc(-n2cnc3ccc(F)cc32)nc2c1[nH]c(=O)n2[C@@H]1CCOc2c(F)cccc21. The number of hydrogen-bond donors (Lipinski definition) is 1. The van der Waals surface area contributed by atoms with E-state index in [1.54, 1.807) is 33.7 Å². The summed E-state index contributed by atoms with van der Waals surface area (Å²) in [5, 5.41) is 0. The van der Waals surface area contributed by atoms with Crippen LogP contribution in [-0.2, 0) is 0 Å². The van der Waals surface area contributed by atoms with E-state index in [2.05, 4.69) is 23.8 Å². The van der Waals surface area contributed by atoms with Crippen LogP contribution in [-0.4, -0.2) is 35.7 Å². The van der Waals surface area contributed by atoms with E-state index in [-0.39, 0.29) is 24.0 Å². The van der Waals surface area contributed by atoms with Gasteiger partial charge in [0.25, 0.3) is 0 Å². The van der Waals surface area contributed by atoms with Gasteiger partial charge in [-0.3, -0.25) is 9.13 Å². The molecule has 0 amide bonds. The molecular weight excluding hydrogens is 478 g/mol. The first-order valence-electron chi connectivity index (χ1n) is 12.6. The van der Waals surface area contributed by atoms with Gasteiger partial charge < -0.3 is 9.72 Å². The van der Waals surface area contributed by atoms with Gasteiger partial charge in [-0.2, -0.15) is 4.98 Å². The van der Waals surface area contributed by atoms with Crippen molar-refractivity contribution in [3.63, 3.8) is 0 Å². The summed E-state index contributed by atoms with van der Waals surface area (Å²) in [7, 11) is 0. The molecule has 0 bridgehead atoms. The van der Waals surface area contributed by atoms with Crippen LogP contribution in [0.4, 0.5) is 8.78 Å². The van der Waals surface area contributed by atoms with Gasteiger partial charge in [-0.05, 0) is 31.0 Å². The number of rotatable bonds is 6. The Hall–Kier alpha value is -4.08. The molecule has 0 radical (unpaired) electrons. The number of nitrogens with zero attached hydrogens (tertiary/aromatic N) is 5. The number of ether oxygens (including phenoxy) is 1. The van der Waals surface area contributed by atoms with E-state index in [0.717, 1.165) is 25.0 Å². The fourth-order valence-electron chi connectivity index (χ4n) is 5.36. The number of aromatic amines is 1. The number of hydrogen-bond acceptors (Lipinski definition) is 5. The second-order valence-electron chi connectivity index (χ2n) is 9.36. The molecule has 37 heavy (non-hydrogen) atoms. The minimum Gasteiger partial charge on any atom is -0.490 e. The van der Waals surface area contributed by atoms with Crippen LogP contribution in [0.3, 0.4) is 0 Å². The van der Waals surface area contributed by atoms with Crippen molar-refractivity contribution in [3.05, 3.63) is 76.1 Å². The molecule has 3 aromatic heterocycles. The first-order valence-corrected chi connectivity index (χ1v) is 12.6. The number of aromatic nitrogens is 6. The Labute approximate surface area is 211 Å². The van der Waals surface area contributed by atoms with Gasteiger partial charge in [-0.15, -0.1) is 0 Å². The van der Waals surface area contributed by atoms with Gasteiger partial charge in [-0.1, -0.05) is 32.4 Å². The van der Waals surface area contributed by atoms with Crippen molar-refractivity contribution in [2.24, 2.45) is 0 Å². The van der Waals surface area contributed by atoms with E-state index < -0.39 is 17.7 Å². The van der Waals surface area contributed by atoms with Crippen LogP contribution in [0.1, 0.15) is 62.7 Å². The number of para-hydroxylation sites is 1. The normalized spacial score (nSPS) is 16.2. The molecule has 0 spiro atoms. The summed E-state index contributed by atoms with van der Waals surface area (Å²) < 4.78 is 37.5. The highest BCUT2D eigenvalue weighted by Gasteiger charge is 2.30. The zero-order chi connectivity index (χ0) is 25.7. The second-order valence-corrected chi connectivity index (χ2v) is 9.36. The van der Waals surface area contributed by atoms with Crippen molar-refractivity contribution in [1.82, 2.24) is 29.1 Å². The van der Waals surface area contributed by atoms with Crippen LogP contribution in [0.15, 0.2) is 47.5 Å². The van der Waals surface area contributed by atoms with E-state index >= 15 is 0 Å². The molecule has 0 saturated heterocycles. The highest BCUT2D eigenvalue weighted by Crippen LogP contribution is 2.38. The lowest BCUT2D eigenvalue weighted by atomic mass is 9.96. The first kappa shape index (κ1) is 23.3. The molecule has 4 heterocycles. The van der Waals surface area contributed by atoms with Crippen molar-refractivity contribution in [2.75, 3.05) is 6.61 Å². The Morgan fingerprint density at radius 1 is 1.19 bits per heavy atom. The van der Waals surface area contributed by atoms with Crippen LogP contribution < -0.4 is 10.4 Å². The molecular formula is C27H26F2N6O2. The number of benzene rings is 2. The predicted octanol–water partition coefficient (Wildman–Crippen LogP) is 5.40. The molecule has 8 nitrogen and oxygen atoms in total. The summed E-state index contributed by atoms with van der Waals surface area (Å²) in [6.07, 6.45) is 4.67. The maximum Gasteiger partial charge on any atom is 0.328 e. The lowest BCUT2D eigenvalue weighted by molar-refractivity contribution is 0.244. The predicted molar refractivity (Wildman–Crippen MR) is 135 cm³/mol. The standard InChI is InChI=1S/C27H26F2N6O2/c1-3-6-15(4-2)22-23-25(33-26(31-22)34-14-30-19-10-9-16(28)13-21(19)34)35(27(36)32-23)20-11-12-37-24-17(20)7-5-8-18(24)29/h5,7-10,13-15,20H,3-4,6,11-12H2,1-2H3,(H,32,36)/t15?,20-/m1/s1. The van der Waals surface area contributed by atoms with Crippen LogP contribution in [0.2, 0.25) is 0 Å². The molecule has 0 fully saturated rings. The van der Waals surface area contributed by atoms with E-state index in [4.69, 9.17) is 14.7 Å². The van der Waals surface area contributed by atoms with Gasteiger partial charge >= 0.3 is 5.69 Å². The third-order valence-electron chi connectivity index (χ3n) is 7.13. The maximum absolute atomic E-state index is 14.5. The second kappa shape index (κ2) is 9.10. The third-order valence-corrected chi connectivity index (χ3v) is 7.13. The third kappa shape index (κ3) is 3.78. The van der Waals surface area contributed by atoms with E-state index in [1.165, 1.54) is 18.2 Å². The summed E-state index contributed by atoms with van der Waals surface area (Å²) in [6.45, 7) is 4.46. The number of nitrogens with one attached hydrogen (secondary N) is 1. The number of halogens is 2. The van der Waals surface area contributed by atoms with Gasteiger partial charge in [0.1, 0.15) is 17.7 Å². The summed E-state index contributed by atoms with van der Waals surface area (Å²) in [6, 6.07) is 8.61. The molecule has 2 aromatic carbocycles. The fraction of sp³-hybridized carbons (Fsp3) is 0.333. The fourth-order valence-corrected chi connectivity index (χ4v) is 5.36. The molecule has 1 aliphatic heterocycles. The molecule has 1 unspecified atom stereocenters. The van der Waals surface area contributed by atoms with Crippen LogP contribution in [0.25, 0.3) is 28.1 Å². The molecule has 0 saturated carbocycles. The van der Waals surface area contributed by atoms with Crippen molar-refractivity contribution < 1.29 is 13.5 Å². The summed E-state index contributed by atoms with van der Waals surface area (Å²) in [5.41, 5.74) is 3.08. The number of H-pyrrole nitrogens is 1. The van der Waals surface area contributed by atoms with Gasteiger partial charge in [0.05, 0.1) is 29.4 Å².